The van der Waals surface area contributed by atoms with E-state index in [4.69, 9.17) is 9.29 Å². The summed E-state index contributed by atoms with van der Waals surface area (Å²) in [6.07, 6.45) is 11.1. The number of esters is 1. The Hall–Kier alpha value is -0.150. The molecule has 0 amide bonds. The molecule has 1 N–H and O–H groups in total. The maximum Gasteiger partial charge on any atom is 1.00 e. The van der Waals surface area contributed by atoms with E-state index in [-0.39, 0.29) is 37.4 Å². The molecule has 0 saturated heterocycles. The van der Waals surface area contributed by atoms with Crippen LogP contribution >= 0.6 is 0 Å². The van der Waals surface area contributed by atoms with Gasteiger partial charge in [-0.2, -0.15) is 8.42 Å². The molecule has 0 aromatic carbocycles. The number of rotatable bonds is 15. The fourth-order valence-corrected chi connectivity index (χ4v) is 2.53. The van der Waals surface area contributed by atoms with Gasteiger partial charge in [-0.25, -0.2) is 0 Å². The van der Waals surface area contributed by atoms with Crippen molar-refractivity contribution in [1.82, 2.24) is 0 Å². The molecule has 0 heterocycles. The Balaban J connectivity index is -0.00000264. The molecule has 0 spiro atoms. The number of carbonyl (C=O) groups is 2. The summed E-state index contributed by atoms with van der Waals surface area (Å²) >= 11 is 0. The first-order chi connectivity index (χ1) is 11.3. The van der Waals surface area contributed by atoms with Crippen LogP contribution in [0.1, 0.15) is 85.4 Å². The van der Waals surface area contributed by atoms with Gasteiger partial charge in [-0.1, -0.05) is 64.7 Å². The van der Waals surface area contributed by atoms with Gasteiger partial charge in [0.15, 0.2) is 0 Å². The van der Waals surface area contributed by atoms with E-state index in [9.17, 15) is 18.0 Å². The number of ether oxygens (including phenoxy) is 1. The third kappa shape index (κ3) is 21.8. The molecule has 9 heteroatoms. The molecule has 0 aliphatic rings. The maximum absolute atomic E-state index is 11.3. The van der Waals surface area contributed by atoms with Crippen molar-refractivity contribution < 1.29 is 62.5 Å². The van der Waals surface area contributed by atoms with Gasteiger partial charge in [0.2, 0.25) is 0 Å². The largest absolute Gasteiger partial charge is 1.00 e. The van der Waals surface area contributed by atoms with E-state index >= 15 is 0 Å². The SMILES string of the molecule is CCCCCCCCCCCCOC(=O)CCC(=O)OS(=O)(=O)O.[H-].[Na+]. The molecule has 0 radical (unpaired) electrons. The van der Waals surface area contributed by atoms with Gasteiger partial charge in [0.25, 0.3) is 0 Å². The quantitative estimate of drug-likeness (QED) is 0.190. The summed E-state index contributed by atoms with van der Waals surface area (Å²) in [6, 6.07) is 0. The molecule has 0 saturated carbocycles. The first kappa shape index (κ1) is 27.1. The van der Waals surface area contributed by atoms with Crippen LogP contribution in [0, 0.1) is 0 Å². The van der Waals surface area contributed by atoms with Gasteiger partial charge in [-0.15, -0.1) is 0 Å². The molecule has 0 unspecified atom stereocenters. The average Bonchev–Trinajstić information content (AvgIpc) is 2.49. The van der Waals surface area contributed by atoms with Gasteiger partial charge in [0.05, 0.1) is 19.4 Å². The van der Waals surface area contributed by atoms with Crippen molar-refractivity contribution in [2.24, 2.45) is 0 Å². The van der Waals surface area contributed by atoms with Crippen LogP contribution in [0.4, 0.5) is 0 Å². The van der Waals surface area contributed by atoms with Crippen LogP contribution in [-0.4, -0.2) is 31.5 Å². The van der Waals surface area contributed by atoms with Crippen LogP contribution in [0.15, 0.2) is 0 Å². The minimum absolute atomic E-state index is 0. The number of unbranched alkanes of at least 4 members (excludes halogenated alkanes) is 9. The topological polar surface area (TPSA) is 107 Å². The Morgan fingerprint density at radius 2 is 1.28 bits per heavy atom. The first-order valence-corrected chi connectivity index (χ1v) is 10.1. The van der Waals surface area contributed by atoms with Gasteiger partial charge >= 0.3 is 51.9 Å². The molecule has 0 aliphatic carbocycles. The third-order valence-corrected chi connectivity index (χ3v) is 3.89. The zero-order chi connectivity index (χ0) is 18.3. The summed E-state index contributed by atoms with van der Waals surface area (Å²) in [7, 11) is -4.81. The van der Waals surface area contributed by atoms with Crippen molar-refractivity contribution >= 4 is 22.3 Å². The van der Waals surface area contributed by atoms with E-state index in [1.165, 1.54) is 44.9 Å². The second-order valence-electron chi connectivity index (χ2n) is 5.79. The van der Waals surface area contributed by atoms with Crippen molar-refractivity contribution in [3.63, 3.8) is 0 Å². The van der Waals surface area contributed by atoms with Crippen molar-refractivity contribution in [1.29, 1.82) is 0 Å². The summed E-state index contributed by atoms with van der Waals surface area (Å²) in [5, 5.41) is 0. The molecular weight excluding hydrogens is 359 g/mol. The Bertz CT molecular complexity index is 458. The third-order valence-electron chi connectivity index (χ3n) is 3.49. The molecule has 0 bridgehead atoms. The zero-order valence-corrected chi connectivity index (χ0v) is 18.3. The van der Waals surface area contributed by atoms with Crippen molar-refractivity contribution in [2.75, 3.05) is 6.61 Å². The molecule has 25 heavy (non-hydrogen) atoms. The molecule has 0 fully saturated rings. The monoisotopic (exact) mass is 390 g/mol. The summed E-state index contributed by atoms with van der Waals surface area (Å²) in [5.74, 6) is -1.77. The van der Waals surface area contributed by atoms with E-state index in [1.54, 1.807) is 0 Å². The minimum Gasteiger partial charge on any atom is -1.00 e. The standard InChI is InChI=1S/C16H30O7S.Na.H/c1-2-3-4-5-6-7-8-9-10-11-14-22-15(17)12-13-16(18)23-24(19,20)21;;/h2-14H2,1H3,(H,19,20,21);;/q;+1;-1. The van der Waals surface area contributed by atoms with Gasteiger partial charge in [-0.05, 0) is 6.42 Å². The van der Waals surface area contributed by atoms with E-state index in [2.05, 4.69) is 11.1 Å². The minimum atomic E-state index is -4.81. The predicted octanol–water partition coefficient (Wildman–Crippen LogP) is 0.693. The normalized spacial score (nSPS) is 10.8. The van der Waals surface area contributed by atoms with Crippen LogP contribution < -0.4 is 29.6 Å². The van der Waals surface area contributed by atoms with Crippen molar-refractivity contribution in [3.8, 4) is 0 Å². The summed E-state index contributed by atoms with van der Waals surface area (Å²) < 4.78 is 37.4. The number of hydrogen-bond donors (Lipinski definition) is 1. The Kier molecular flexibility index (Phi) is 18.7. The van der Waals surface area contributed by atoms with Crippen LogP contribution in [-0.2, 0) is 28.9 Å². The molecule has 0 aromatic rings. The molecule has 0 aromatic heterocycles. The smallest absolute Gasteiger partial charge is 1.00 e. The molecule has 0 aliphatic heterocycles. The Morgan fingerprint density at radius 3 is 1.76 bits per heavy atom. The Labute approximate surface area is 174 Å². The fraction of sp³-hybridized carbons (Fsp3) is 0.875. The second kappa shape index (κ2) is 17.3. The molecule has 0 atom stereocenters. The predicted molar refractivity (Wildman–Crippen MR) is 90.8 cm³/mol. The van der Waals surface area contributed by atoms with Crippen LogP contribution in [0.2, 0.25) is 0 Å². The maximum atomic E-state index is 11.3. The molecular formula is C16H31NaO7S. The molecule has 7 nitrogen and oxygen atoms in total. The molecule has 0 rings (SSSR count). The number of hydrogen-bond acceptors (Lipinski definition) is 6. The van der Waals surface area contributed by atoms with Gasteiger partial charge in [-0.3, -0.25) is 14.1 Å². The van der Waals surface area contributed by atoms with Gasteiger partial charge in [0.1, 0.15) is 0 Å². The van der Waals surface area contributed by atoms with E-state index in [0.717, 1.165) is 19.3 Å². The summed E-state index contributed by atoms with van der Waals surface area (Å²) in [6.45, 7) is 2.50. The van der Waals surface area contributed by atoms with Crippen LogP contribution in [0.25, 0.3) is 0 Å². The second-order valence-corrected chi connectivity index (χ2v) is 6.81. The van der Waals surface area contributed by atoms with E-state index < -0.39 is 28.8 Å². The van der Waals surface area contributed by atoms with Crippen LogP contribution in [0.5, 0.6) is 0 Å². The number of carbonyl (C=O) groups excluding carboxylic acids is 2. The zero-order valence-electron chi connectivity index (χ0n) is 16.5. The van der Waals surface area contributed by atoms with E-state index in [1.807, 2.05) is 0 Å². The van der Waals surface area contributed by atoms with E-state index in [0.29, 0.717) is 6.61 Å². The Morgan fingerprint density at radius 1 is 0.840 bits per heavy atom. The van der Waals surface area contributed by atoms with Crippen molar-refractivity contribution in [2.45, 2.75) is 84.0 Å². The summed E-state index contributed by atoms with van der Waals surface area (Å²) in [5.41, 5.74) is 0. The first-order valence-electron chi connectivity index (χ1n) is 8.70. The average molecular weight is 390 g/mol. The van der Waals surface area contributed by atoms with Gasteiger partial charge < -0.3 is 10.3 Å². The summed E-state index contributed by atoms with van der Waals surface area (Å²) in [4.78, 5) is 22.3. The fourth-order valence-electron chi connectivity index (χ4n) is 2.21. The van der Waals surface area contributed by atoms with Crippen LogP contribution in [0.3, 0.4) is 0 Å². The van der Waals surface area contributed by atoms with Crippen molar-refractivity contribution in [3.05, 3.63) is 0 Å². The van der Waals surface area contributed by atoms with Gasteiger partial charge in [0, 0.05) is 0 Å². The molecule has 144 valence electrons.